The summed E-state index contributed by atoms with van der Waals surface area (Å²) in [5.74, 6) is -0.203. The Bertz CT molecular complexity index is 723. The van der Waals surface area contributed by atoms with Gasteiger partial charge in [-0.15, -0.1) is 0 Å². The lowest BCUT2D eigenvalue weighted by molar-refractivity contribution is -0.150. The maximum Gasteiger partial charge on any atom is 0.307 e. The number of esters is 1. The predicted octanol–water partition coefficient (Wildman–Crippen LogP) is 1.47. The smallest absolute Gasteiger partial charge is 0.307 e. The second-order valence-corrected chi connectivity index (χ2v) is 8.07. The number of anilines is 1. The Morgan fingerprint density at radius 1 is 1.07 bits per heavy atom. The number of nitrogens with two attached hydrogens (primary N) is 1. The zero-order valence-electron chi connectivity index (χ0n) is 17.6. The number of hydrogen-bond donors (Lipinski definition) is 3. The molecule has 0 bridgehead atoms. The van der Waals surface area contributed by atoms with Crippen molar-refractivity contribution in [1.29, 1.82) is 5.41 Å². The van der Waals surface area contributed by atoms with Crippen LogP contribution in [0.5, 0.6) is 0 Å². The molecular formula is C22H33N5O3. The number of piperazine rings is 1. The normalized spacial score (nSPS) is 18.1. The van der Waals surface area contributed by atoms with Crippen LogP contribution in [0.1, 0.15) is 44.1 Å². The van der Waals surface area contributed by atoms with Crippen molar-refractivity contribution in [1.82, 2.24) is 10.2 Å². The fourth-order valence-corrected chi connectivity index (χ4v) is 4.01. The number of amides is 1. The molecule has 1 aromatic rings. The number of nitrogens with zero attached hydrogens (tertiary/aromatic N) is 2. The monoisotopic (exact) mass is 415 g/mol. The van der Waals surface area contributed by atoms with Crippen LogP contribution in [0.4, 0.5) is 5.69 Å². The largest absolute Gasteiger partial charge is 0.462 e. The van der Waals surface area contributed by atoms with Gasteiger partial charge in [0.05, 0.1) is 13.0 Å². The molecular weight excluding hydrogens is 382 g/mol. The van der Waals surface area contributed by atoms with Crippen LogP contribution in [0, 0.1) is 5.41 Å². The highest BCUT2D eigenvalue weighted by Gasteiger charge is 2.20. The van der Waals surface area contributed by atoms with Crippen LogP contribution >= 0.6 is 0 Å². The molecule has 1 saturated heterocycles. The van der Waals surface area contributed by atoms with Crippen LogP contribution in [0.2, 0.25) is 0 Å². The first kappa shape index (κ1) is 22.1. The number of nitrogen functional groups attached to an aromatic ring is 1. The molecule has 0 radical (unpaired) electrons. The van der Waals surface area contributed by atoms with Crippen molar-refractivity contribution < 1.29 is 14.3 Å². The fraction of sp³-hybridized carbons (Fsp3) is 0.591. The molecule has 1 aliphatic carbocycles. The van der Waals surface area contributed by atoms with Gasteiger partial charge in [0.15, 0.2) is 0 Å². The lowest BCUT2D eigenvalue weighted by atomic mass is 9.98. The summed E-state index contributed by atoms with van der Waals surface area (Å²) in [6.07, 6.45) is 5.71. The van der Waals surface area contributed by atoms with Crippen LogP contribution in [0.15, 0.2) is 24.3 Å². The third-order valence-electron chi connectivity index (χ3n) is 5.78. The van der Waals surface area contributed by atoms with E-state index in [1.165, 1.54) is 6.42 Å². The van der Waals surface area contributed by atoms with Gasteiger partial charge in [0.25, 0.3) is 0 Å². The summed E-state index contributed by atoms with van der Waals surface area (Å²) in [6, 6.07) is 7.67. The SMILES string of the molecule is N=C(N)c1ccc(N2CCN(CC(=O)NCCC(=O)OC3CCCCC3)CC2)cc1. The number of rotatable bonds is 8. The summed E-state index contributed by atoms with van der Waals surface area (Å²) in [4.78, 5) is 28.5. The summed E-state index contributed by atoms with van der Waals surface area (Å²) in [5, 5.41) is 10.3. The molecule has 2 aliphatic rings. The maximum absolute atomic E-state index is 12.2. The first-order chi connectivity index (χ1) is 14.5. The van der Waals surface area contributed by atoms with E-state index in [4.69, 9.17) is 15.9 Å². The molecule has 3 rings (SSSR count). The Kier molecular flexibility index (Phi) is 8.07. The Morgan fingerprint density at radius 2 is 1.73 bits per heavy atom. The molecule has 2 fully saturated rings. The summed E-state index contributed by atoms with van der Waals surface area (Å²) < 4.78 is 5.47. The number of benzene rings is 1. The molecule has 0 aromatic heterocycles. The molecule has 8 nitrogen and oxygen atoms in total. The highest BCUT2D eigenvalue weighted by Crippen LogP contribution is 2.20. The fourth-order valence-electron chi connectivity index (χ4n) is 4.01. The number of nitrogens with one attached hydrogen (secondary N) is 2. The first-order valence-electron chi connectivity index (χ1n) is 10.9. The van der Waals surface area contributed by atoms with Crippen LogP contribution in [0.3, 0.4) is 0 Å². The molecule has 1 heterocycles. The minimum Gasteiger partial charge on any atom is -0.462 e. The number of hydrogen-bond acceptors (Lipinski definition) is 6. The van der Waals surface area contributed by atoms with Gasteiger partial charge in [0.2, 0.25) is 5.91 Å². The molecule has 1 saturated carbocycles. The van der Waals surface area contributed by atoms with Crippen molar-refractivity contribution in [3.63, 3.8) is 0 Å². The zero-order chi connectivity index (χ0) is 21.3. The van der Waals surface area contributed by atoms with Crippen LogP contribution in [-0.2, 0) is 14.3 Å². The number of ether oxygens (including phenoxy) is 1. The second-order valence-electron chi connectivity index (χ2n) is 8.07. The first-order valence-corrected chi connectivity index (χ1v) is 10.9. The average Bonchev–Trinajstić information content (AvgIpc) is 2.75. The highest BCUT2D eigenvalue weighted by molar-refractivity contribution is 5.95. The second kappa shape index (κ2) is 11.0. The third kappa shape index (κ3) is 6.73. The van der Waals surface area contributed by atoms with E-state index in [-0.39, 0.29) is 30.2 Å². The molecule has 8 heteroatoms. The van der Waals surface area contributed by atoms with E-state index < -0.39 is 0 Å². The molecule has 30 heavy (non-hydrogen) atoms. The van der Waals surface area contributed by atoms with Gasteiger partial charge in [-0.05, 0) is 49.9 Å². The Labute approximate surface area is 178 Å². The van der Waals surface area contributed by atoms with Gasteiger partial charge in [-0.25, -0.2) is 0 Å². The van der Waals surface area contributed by atoms with Crippen molar-refractivity contribution in [2.24, 2.45) is 5.73 Å². The molecule has 4 N–H and O–H groups in total. The van der Waals surface area contributed by atoms with Gasteiger partial charge in [-0.3, -0.25) is 19.9 Å². The molecule has 0 unspecified atom stereocenters. The predicted molar refractivity (Wildman–Crippen MR) is 117 cm³/mol. The minimum absolute atomic E-state index is 0.0558. The molecule has 0 spiro atoms. The minimum atomic E-state index is -0.216. The standard InChI is InChI=1S/C22H33N5O3/c23-22(24)17-6-8-18(9-7-17)27-14-12-26(13-15-27)16-20(28)25-11-10-21(29)30-19-4-2-1-3-5-19/h6-9,19H,1-5,10-16H2,(H3,23,24)(H,25,28). The van der Waals surface area contributed by atoms with E-state index in [9.17, 15) is 9.59 Å². The van der Waals surface area contributed by atoms with Crippen LogP contribution in [0.25, 0.3) is 0 Å². The van der Waals surface area contributed by atoms with E-state index in [1.54, 1.807) is 0 Å². The lowest BCUT2D eigenvalue weighted by Gasteiger charge is -2.35. The lowest BCUT2D eigenvalue weighted by Crippen LogP contribution is -2.49. The van der Waals surface area contributed by atoms with Gasteiger partial charge in [0, 0.05) is 44.0 Å². The van der Waals surface area contributed by atoms with Gasteiger partial charge >= 0.3 is 5.97 Å². The van der Waals surface area contributed by atoms with Crippen molar-refractivity contribution in [3.8, 4) is 0 Å². The summed E-state index contributed by atoms with van der Waals surface area (Å²) >= 11 is 0. The van der Waals surface area contributed by atoms with E-state index in [2.05, 4.69) is 15.1 Å². The Hall–Kier alpha value is -2.61. The number of amidine groups is 1. The van der Waals surface area contributed by atoms with Gasteiger partial charge in [-0.2, -0.15) is 0 Å². The van der Waals surface area contributed by atoms with Crippen LogP contribution in [-0.4, -0.2) is 68.0 Å². The van der Waals surface area contributed by atoms with Crippen molar-refractivity contribution in [2.75, 3.05) is 44.2 Å². The topological polar surface area (TPSA) is 112 Å². The van der Waals surface area contributed by atoms with Crippen molar-refractivity contribution in [3.05, 3.63) is 29.8 Å². The molecule has 0 atom stereocenters. The van der Waals surface area contributed by atoms with Gasteiger partial charge < -0.3 is 20.7 Å². The Balaban J connectivity index is 1.31. The van der Waals surface area contributed by atoms with E-state index in [1.807, 2.05) is 24.3 Å². The van der Waals surface area contributed by atoms with Crippen molar-refractivity contribution in [2.45, 2.75) is 44.6 Å². The Morgan fingerprint density at radius 3 is 2.37 bits per heavy atom. The van der Waals surface area contributed by atoms with E-state index >= 15 is 0 Å². The molecule has 164 valence electrons. The zero-order valence-corrected chi connectivity index (χ0v) is 17.6. The molecule has 1 aromatic carbocycles. The molecule has 1 aliphatic heterocycles. The summed E-state index contributed by atoms with van der Waals surface area (Å²) in [5.41, 5.74) is 7.32. The van der Waals surface area contributed by atoms with E-state index in [0.29, 0.717) is 13.1 Å². The number of carbonyl (C=O) groups excluding carboxylic acids is 2. The quantitative estimate of drug-likeness (QED) is 0.337. The molecule has 1 amide bonds. The number of carbonyl (C=O) groups is 2. The highest BCUT2D eigenvalue weighted by atomic mass is 16.5. The maximum atomic E-state index is 12.2. The van der Waals surface area contributed by atoms with Crippen LogP contribution < -0.4 is 16.0 Å². The summed E-state index contributed by atoms with van der Waals surface area (Å²) in [6.45, 7) is 3.93. The van der Waals surface area contributed by atoms with E-state index in [0.717, 1.165) is 63.1 Å². The third-order valence-corrected chi connectivity index (χ3v) is 5.78. The average molecular weight is 416 g/mol. The van der Waals surface area contributed by atoms with Gasteiger partial charge in [0.1, 0.15) is 11.9 Å². The summed E-state index contributed by atoms with van der Waals surface area (Å²) in [7, 11) is 0. The van der Waals surface area contributed by atoms with Crippen molar-refractivity contribution >= 4 is 23.4 Å². The van der Waals surface area contributed by atoms with Gasteiger partial charge in [-0.1, -0.05) is 6.42 Å².